The van der Waals surface area contributed by atoms with Crippen LogP contribution < -0.4 is 5.46 Å². The Morgan fingerprint density at radius 3 is 1.09 bits per heavy atom. The first kappa shape index (κ1) is 42.5. The van der Waals surface area contributed by atoms with E-state index in [0.29, 0.717) is 0 Å². The number of rotatable bonds is 4. The van der Waals surface area contributed by atoms with Crippen molar-refractivity contribution in [1.82, 2.24) is 0 Å². The molecule has 286 valence electrons. The molecule has 0 amide bonds. The van der Waals surface area contributed by atoms with Crippen LogP contribution >= 0.6 is 15.9 Å². The van der Waals surface area contributed by atoms with Gasteiger partial charge in [0.1, 0.15) is 0 Å². The van der Waals surface area contributed by atoms with E-state index in [1.54, 1.807) is 0 Å². The summed E-state index contributed by atoms with van der Waals surface area (Å²) in [5.74, 6) is 0. The molecule has 3 aliphatic heterocycles. The van der Waals surface area contributed by atoms with Crippen molar-refractivity contribution in [3.05, 3.63) is 113 Å². The third-order valence-corrected chi connectivity index (χ3v) is 12.4. The zero-order valence-corrected chi connectivity index (χ0v) is 36.4. The summed E-state index contributed by atoms with van der Waals surface area (Å²) in [7, 11) is -1.25. The quantitative estimate of drug-likeness (QED) is 0.192. The van der Waals surface area contributed by atoms with Gasteiger partial charge in [0.2, 0.25) is 0 Å². The predicted molar refractivity (Wildman–Crippen MR) is 229 cm³/mol. The minimum atomic E-state index is -0.476. The van der Waals surface area contributed by atoms with Gasteiger partial charge in [0.15, 0.2) is 0 Å². The van der Waals surface area contributed by atoms with Crippen molar-refractivity contribution in [2.24, 2.45) is 0 Å². The number of hydrogen-bond acceptors (Lipinski definition) is 6. The Morgan fingerprint density at radius 1 is 0.407 bits per heavy atom. The van der Waals surface area contributed by atoms with Crippen molar-refractivity contribution in [3.63, 3.8) is 0 Å². The fraction of sp³-hybridized carbons (Fsp3) is 0.455. The summed E-state index contributed by atoms with van der Waals surface area (Å²) in [5, 5.41) is 0. The van der Waals surface area contributed by atoms with Gasteiger partial charge in [-0.2, -0.15) is 0 Å². The Morgan fingerprint density at radius 2 is 0.741 bits per heavy atom. The fourth-order valence-electron chi connectivity index (χ4n) is 6.32. The average Bonchev–Trinajstić information content (AvgIpc) is 3.55. The highest BCUT2D eigenvalue weighted by Crippen LogP contribution is 2.43. The molecule has 0 atom stereocenters. The van der Waals surface area contributed by atoms with Gasteiger partial charge in [-0.05, 0) is 148 Å². The van der Waals surface area contributed by atoms with Crippen LogP contribution in [0.1, 0.15) is 94.2 Å². The van der Waals surface area contributed by atoms with Gasteiger partial charge in [-0.25, -0.2) is 0 Å². The smallest absolute Gasteiger partial charge is 0.405 e. The third kappa shape index (κ3) is 9.13. The molecule has 0 bridgehead atoms. The normalized spacial score (nSPS) is 21.2. The van der Waals surface area contributed by atoms with Crippen LogP contribution in [0, 0.1) is 13.8 Å². The highest BCUT2D eigenvalue weighted by Gasteiger charge is 2.63. The molecule has 3 saturated heterocycles. The first-order valence-corrected chi connectivity index (χ1v) is 19.8. The molecular weight excluding hydrogens is 737 g/mol. The van der Waals surface area contributed by atoms with E-state index in [1.807, 2.05) is 67.5 Å². The molecule has 4 aromatic rings. The van der Waals surface area contributed by atoms with Gasteiger partial charge in [-0.15, -0.1) is 0 Å². The molecule has 0 aromatic heterocycles. The number of benzene rings is 4. The highest BCUT2D eigenvalue weighted by atomic mass is 79.9. The molecule has 0 aliphatic carbocycles. The summed E-state index contributed by atoms with van der Waals surface area (Å²) < 4.78 is 37.2. The molecule has 0 saturated carbocycles. The molecule has 10 heteroatoms. The molecule has 7 rings (SSSR count). The van der Waals surface area contributed by atoms with E-state index in [-0.39, 0.29) is 40.7 Å². The van der Waals surface area contributed by atoms with Gasteiger partial charge in [-0.1, -0.05) is 101 Å². The monoisotopic (exact) mass is 794 g/mol. The van der Waals surface area contributed by atoms with Crippen molar-refractivity contribution in [2.45, 2.75) is 131 Å². The van der Waals surface area contributed by atoms with Gasteiger partial charge in [0.25, 0.3) is 0 Å². The standard InChI is InChI=1S/C19H23BO2.C13H11Br.C12H24B2O4/c1-14-13-16(20-21-18(2,3)19(4,5)22-20)11-12-17(14)15-9-7-6-8-10-15;1-10-9-12(14)7-8-13(10)11-5-3-2-4-6-11;1-9(2)10(3,4)16-13(15-9)14-17-11(5,6)12(7,8)18-14/h6-13H,1-5H3;2-9H,1H3;1-8H3. The average molecular weight is 795 g/mol. The minimum absolute atomic E-state index is 0.298. The number of hydrogen-bond donors (Lipinski definition) is 0. The van der Waals surface area contributed by atoms with Crippen molar-refractivity contribution in [3.8, 4) is 22.3 Å². The molecule has 6 nitrogen and oxygen atoms in total. The van der Waals surface area contributed by atoms with E-state index < -0.39 is 14.0 Å². The predicted octanol–water partition coefficient (Wildman–Crippen LogP) is 10.6. The zero-order chi connectivity index (χ0) is 39.9. The molecule has 0 unspecified atom stereocenters. The second kappa shape index (κ2) is 15.7. The maximum Gasteiger partial charge on any atom is 0.494 e. The lowest BCUT2D eigenvalue weighted by molar-refractivity contribution is 0.00578. The summed E-state index contributed by atoms with van der Waals surface area (Å²) in [6.45, 7) is 28.8. The van der Waals surface area contributed by atoms with Gasteiger partial charge in [-0.3, -0.25) is 0 Å². The van der Waals surface area contributed by atoms with Crippen molar-refractivity contribution < 1.29 is 27.9 Å². The van der Waals surface area contributed by atoms with E-state index >= 15 is 0 Å². The zero-order valence-electron chi connectivity index (χ0n) is 34.8. The number of aryl methyl sites for hydroxylation is 2. The summed E-state index contributed by atoms with van der Waals surface area (Å²) in [6.07, 6.45) is 0. The maximum absolute atomic E-state index is 6.13. The SMILES string of the molecule is CC1(C)OB(B2OC(C)(C)C(C)(C)O2)OC1(C)C.Cc1cc(B2OC(C)(C)C(C)(C)O2)ccc1-c1ccccc1.Cc1cc(Br)ccc1-c1ccccc1. The van der Waals surface area contributed by atoms with E-state index in [2.05, 4.69) is 142 Å². The lowest BCUT2D eigenvalue weighted by Crippen LogP contribution is -2.41. The molecule has 0 N–H and O–H groups in total. The van der Waals surface area contributed by atoms with Crippen LogP contribution in [-0.4, -0.2) is 54.7 Å². The van der Waals surface area contributed by atoms with Crippen molar-refractivity contribution in [1.29, 1.82) is 0 Å². The lowest BCUT2D eigenvalue weighted by atomic mass is 9.49. The van der Waals surface area contributed by atoms with E-state index in [9.17, 15) is 0 Å². The maximum atomic E-state index is 6.13. The van der Waals surface area contributed by atoms with E-state index in [0.717, 1.165) is 9.94 Å². The summed E-state index contributed by atoms with van der Waals surface area (Å²) in [5.41, 5.74) is 6.63. The minimum Gasteiger partial charge on any atom is -0.405 e. The third-order valence-electron chi connectivity index (χ3n) is 11.9. The Bertz CT molecular complexity index is 1810. The largest absolute Gasteiger partial charge is 0.494 e. The molecule has 0 spiro atoms. The Labute approximate surface area is 334 Å². The molecular formula is C44H58B3BrO6. The van der Waals surface area contributed by atoms with Crippen molar-refractivity contribution >= 4 is 42.5 Å². The van der Waals surface area contributed by atoms with Crippen LogP contribution in [0.4, 0.5) is 0 Å². The molecule has 0 radical (unpaired) electrons. The van der Waals surface area contributed by atoms with E-state index in [4.69, 9.17) is 27.9 Å². The second-order valence-electron chi connectivity index (χ2n) is 17.6. The van der Waals surface area contributed by atoms with Crippen LogP contribution in [-0.2, 0) is 27.9 Å². The molecule has 3 aliphatic rings. The van der Waals surface area contributed by atoms with Gasteiger partial charge < -0.3 is 27.9 Å². The molecule has 4 aromatic carbocycles. The van der Waals surface area contributed by atoms with Gasteiger partial charge in [0.05, 0.1) is 33.6 Å². The lowest BCUT2D eigenvalue weighted by Gasteiger charge is -2.32. The topological polar surface area (TPSA) is 55.4 Å². The van der Waals surface area contributed by atoms with Crippen LogP contribution in [0.3, 0.4) is 0 Å². The highest BCUT2D eigenvalue weighted by molar-refractivity contribution is 9.10. The van der Waals surface area contributed by atoms with Gasteiger partial charge >= 0.3 is 21.1 Å². The summed E-state index contributed by atoms with van der Waals surface area (Å²) >= 11 is 3.47. The Balaban J connectivity index is 0.000000160. The molecule has 3 fully saturated rings. The first-order chi connectivity index (χ1) is 25.0. The summed E-state index contributed by atoms with van der Waals surface area (Å²) in [6, 6.07) is 33.7. The van der Waals surface area contributed by atoms with Crippen LogP contribution in [0.2, 0.25) is 0 Å². The van der Waals surface area contributed by atoms with Crippen LogP contribution in [0.15, 0.2) is 102 Å². The Hall–Kier alpha value is -2.69. The van der Waals surface area contributed by atoms with Crippen LogP contribution in [0.25, 0.3) is 22.3 Å². The van der Waals surface area contributed by atoms with Crippen LogP contribution in [0.5, 0.6) is 0 Å². The Kier molecular flexibility index (Phi) is 12.3. The first-order valence-electron chi connectivity index (χ1n) is 19.0. The number of halogens is 1. The fourth-order valence-corrected chi connectivity index (χ4v) is 6.80. The summed E-state index contributed by atoms with van der Waals surface area (Å²) in [4.78, 5) is 0. The van der Waals surface area contributed by atoms with E-state index in [1.165, 1.54) is 33.4 Å². The second-order valence-corrected chi connectivity index (χ2v) is 18.5. The molecule has 54 heavy (non-hydrogen) atoms. The van der Waals surface area contributed by atoms with Crippen molar-refractivity contribution in [2.75, 3.05) is 0 Å². The van der Waals surface area contributed by atoms with Gasteiger partial charge in [0, 0.05) is 4.47 Å². The molecule has 3 heterocycles.